The van der Waals surface area contributed by atoms with E-state index in [1.165, 1.54) is 12.8 Å². The van der Waals surface area contributed by atoms with Crippen molar-refractivity contribution < 1.29 is 4.74 Å². The molecule has 1 aliphatic heterocycles. The summed E-state index contributed by atoms with van der Waals surface area (Å²) in [6.45, 7) is 3.09. The molecule has 1 aliphatic rings. The van der Waals surface area contributed by atoms with Gasteiger partial charge in [-0.1, -0.05) is 5.11 Å². The number of nitrogens with zero attached hydrogens (tertiary/aromatic N) is 4. The van der Waals surface area contributed by atoms with Crippen molar-refractivity contribution in [1.29, 1.82) is 0 Å². The third-order valence-electron chi connectivity index (χ3n) is 3.32. The molecule has 1 saturated heterocycles. The predicted octanol–water partition coefficient (Wildman–Crippen LogP) is 3.35. The second-order valence-corrected chi connectivity index (χ2v) is 4.74. The molecule has 18 heavy (non-hydrogen) atoms. The Labute approximate surface area is 107 Å². The van der Waals surface area contributed by atoms with E-state index in [2.05, 4.69) is 22.0 Å². The van der Waals surface area contributed by atoms with Gasteiger partial charge in [0.05, 0.1) is 6.61 Å². The highest BCUT2D eigenvalue weighted by molar-refractivity contribution is 5.40. The summed E-state index contributed by atoms with van der Waals surface area (Å²) in [5.74, 6) is 1.49. The minimum absolute atomic E-state index is 0.615. The quantitative estimate of drug-likeness (QED) is 0.464. The van der Waals surface area contributed by atoms with Crippen LogP contribution in [-0.2, 0) is 0 Å². The van der Waals surface area contributed by atoms with E-state index in [1.54, 1.807) is 12.1 Å². The van der Waals surface area contributed by atoms with Gasteiger partial charge in [0.2, 0.25) is 0 Å². The highest BCUT2D eigenvalue weighted by Crippen LogP contribution is 2.21. The van der Waals surface area contributed by atoms with Crippen LogP contribution in [0.3, 0.4) is 0 Å². The lowest BCUT2D eigenvalue weighted by Gasteiger charge is -2.28. The van der Waals surface area contributed by atoms with E-state index < -0.39 is 0 Å². The molecule has 1 fully saturated rings. The molecule has 0 saturated carbocycles. The van der Waals surface area contributed by atoms with Gasteiger partial charge in [-0.15, -0.1) is 0 Å². The van der Waals surface area contributed by atoms with Crippen molar-refractivity contribution in [2.75, 3.05) is 26.7 Å². The maximum absolute atomic E-state index is 8.31. The van der Waals surface area contributed by atoms with E-state index in [1.807, 2.05) is 12.1 Å². The molecule has 0 spiro atoms. The largest absolute Gasteiger partial charge is 0.493 e. The molecule has 0 N–H and O–H groups in total. The van der Waals surface area contributed by atoms with E-state index in [4.69, 9.17) is 10.3 Å². The van der Waals surface area contributed by atoms with Crippen LogP contribution in [0.1, 0.15) is 12.8 Å². The van der Waals surface area contributed by atoms with Crippen LogP contribution in [0, 0.1) is 5.92 Å². The van der Waals surface area contributed by atoms with E-state index >= 15 is 0 Å². The van der Waals surface area contributed by atoms with Crippen molar-refractivity contribution >= 4 is 5.69 Å². The minimum Gasteiger partial charge on any atom is -0.493 e. The molecule has 0 unspecified atom stereocenters. The van der Waals surface area contributed by atoms with Gasteiger partial charge >= 0.3 is 0 Å². The molecule has 1 heterocycles. The molecule has 0 radical (unpaired) electrons. The fraction of sp³-hybridized carbons (Fsp3) is 0.538. The smallest absolute Gasteiger partial charge is 0.119 e. The van der Waals surface area contributed by atoms with Gasteiger partial charge in [0.1, 0.15) is 5.75 Å². The molecule has 2 rings (SSSR count). The van der Waals surface area contributed by atoms with E-state index in [0.717, 1.165) is 25.4 Å². The lowest BCUT2D eigenvalue weighted by atomic mass is 9.98. The fourth-order valence-corrected chi connectivity index (χ4v) is 2.10. The van der Waals surface area contributed by atoms with Gasteiger partial charge < -0.3 is 9.64 Å². The predicted molar refractivity (Wildman–Crippen MR) is 71.0 cm³/mol. The van der Waals surface area contributed by atoms with Crippen LogP contribution in [0.2, 0.25) is 0 Å². The molecule has 0 bridgehead atoms. The standard InChI is InChI=1S/C13H18N4O/c1-17-8-6-11(7-9-17)10-18-13-4-2-12(3-5-13)15-16-14/h2-5,11H,6-10H2,1H3. The summed E-state index contributed by atoms with van der Waals surface area (Å²) in [5.41, 5.74) is 8.92. The average molecular weight is 246 g/mol. The number of hydrogen-bond acceptors (Lipinski definition) is 3. The van der Waals surface area contributed by atoms with Crippen LogP contribution in [0.25, 0.3) is 10.4 Å². The molecule has 0 aromatic heterocycles. The van der Waals surface area contributed by atoms with Crippen LogP contribution in [-0.4, -0.2) is 31.6 Å². The lowest BCUT2D eigenvalue weighted by molar-refractivity contribution is 0.160. The van der Waals surface area contributed by atoms with Crippen LogP contribution in [0.5, 0.6) is 5.75 Å². The average Bonchev–Trinajstić information content (AvgIpc) is 2.40. The Bertz CT molecular complexity index is 417. The Morgan fingerprint density at radius 1 is 1.33 bits per heavy atom. The van der Waals surface area contributed by atoms with Crippen molar-refractivity contribution in [2.24, 2.45) is 11.0 Å². The van der Waals surface area contributed by atoms with Crippen molar-refractivity contribution in [3.8, 4) is 5.75 Å². The van der Waals surface area contributed by atoms with E-state index in [9.17, 15) is 0 Å². The van der Waals surface area contributed by atoms with Gasteiger partial charge in [-0.25, -0.2) is 0 Å². The first-order valence-electron chi connectivity index (χ1n) is 6.24. The number of hydrogen-bond donors (Lipinski definition) is 0. The van der Waals surface area contributed by atoms with E-state index in [-0.39, 0.29) is 0 Å². The van der Waals surface area contributed by atoms with Crippen LogP contribution < -0.4 is 4.74 Å². The maximum Gasteiger partial charge on any atom is 0.119 e. The first-order valence-corrected chi connectivity index (χ1v) is 6.24. The van der Waals surface area contributed by atoms with Gasteiger partial charge in [-0.2, -0.15) is 0 Å². The second-order valence-electron chi connectivity index (χ2n) is 4.74. The van der Waals surface area contributed by atoms with Crippen molar-refractivity contribution in [3.63, 3.8) is 0 Å². The van der Waals surface area contributed by atoms with Gasteiger partial charge in [0.15, 0.2) is 0 Å². The fourth-order valence-electron chi connectivity index (χ4n) is 2.10. The Kier molecular flexibility index (Phi) is 4.45. The molecule has 0 aliphatic carbocycles. The number of benzene rings is 1. The number of piperidine rings is 1. The number of azide groups is 1. The molecular weight excluding hydrogens is 228 g/mol. The van der Waals surface area contributed by atoms with Crippen molar-refractivity contribution in [1.82, 2.24) is 4.90 Å². The minimum atomic E-state index is 0.615. The molecule has 1 aromatic rings. The van der Waals surface area contributed by atoms with Gasteiger partial charge in [-0.3, -0.25) is 0 Å². The Balaban J connectivity index is 1.81. The van der Waals surface area contributed by atoms with Crippen LogP contribution >= 0.6 is 0 Å². The van der Waals surface area contributed by atoms with Gasteiger partial charge in [0.25, 0.3) is 0 Å². The topological polar surface area (TPSA) is 61.2 Å². The number of rotatable bonds is 4. The second kappa shape index (κ2) is 6.28. The summed E-state index contributed by atoms with van der Waals surface area (Å²) in [7, 11) is 2.16. The molecule has 0 amide bonds. The molecule has 96 valence electrons. The van der Waals surface area contributed by atoms with Gasteiger partial charge in [-0.05, 0) is 68.7 Å². The van der Waals surface area contributed by atoms with Gasteiger partial charge in [0, 0.05) is 10.6 Å². The molecule has 5 nitrogen and oxygen atoms in total. The highest BCUT2D eigenvalue weighted by Gasteiger charge is 2.16. The third kappa shape index (κ3) is 3.65. The zero-order valence-electron chi connectivity index (χ0n) is 10.6. The summed E-state index contributed by atoms with van der Waals surface area (Å²) in [6.07, 6.45) is 2.40. The zero-order chi connectivity index (χ0) is 12.8. The molecule has 0 atom stereocenters. The Morgan fingerprint density at radius 2 is 2.00 bits per heavy atom. The van der Waals surface area contributed by atoms with Crippen LogP contribution in [0.15, 0.2) is 29.4 Å². The van der Waals surface area contributed by atoms with Crippen LogP contribution in [0.4, 0.5) is 5.69 Å². The molecule has 5 heteroatoms. The first kappa shape index (κ1) is 12.7. The molecular formula is C13H18N4O. The van der Waals surface area contributed by atoms with Crippen molar-refractivity contribution in [3.05, 3.63) is 34.7 Å². The summed E-state index contributed by atoms with van der Waals surface area (Å²) >= 11 is 0. The first-order chi connectivity index (χ1) is 8.78. The van der Waals surface area contributed by atoms with E-state index in [0.29, 0.717) is 11.6 Å². The normalized spacial score (nSPS) is 17.2. The maximum atomic E-state index is 8.31. The summed E-state index contributed by atoms with van der Waals surface area (Å²) < 4.78 is 5.76. The zero-order valence-corrected chi connectivity index (χ0v) is 10.6. The third-order valence-corrected chi connectivity index (χ3v) is 3.32. The Morgan fingerprint density at radius 3 is 2.61 bits per heavy atom. The number of likely N-dealkylation sites (tertiary alicyclic amines) is 1. The summed E-state index contributed by atoms with van der Waals surface area (Å²) in [5, 5.41) is 3.53. The van der Waals surface area contributed by atoms with Crippen molar-refractivity contribution in [2.45, 2.75) is 12.8 Å². The summed E-state index contributed by atoms with van der Waals surface area (Å²) in [4.78, 5) is 5.09. The Hall–Kier alpha value is -1.71. The monoisotopic (exact) mass is 246 g/mol. The molecule has 1 aromatic carbocycles. The lowest BCUT2D eigenvalue weighted by Crippen LogP contribution is -2.32. The highest BCUT2D eigenvalue weighted by atomic mass is 16.5. The summed E-state index contributed by atoms with van der Waals surface area (Å²) in [6, 6.07) is 7.23. The number of ether oxygens (including phenoxy) is 1. The SMILES string of the molecule is CN1CCC(COc2ccc(N=[N+]=[N-])cc2)CC1.